The van der Waals surface area contributed by atoms with Crippen LogP contribution >= 0.6 is 11.8 Å². The van der Waals surface area contributed by atoms with E-state index in [9.17, 15) is 0 Å². The predicted octanol–water partition coefficient (Wildman–Crippen LogP) is 5.82. The van der Waals surface area contributed by atoms with E-state index in [2.05, 4.69) is 71.8 Å². The monoisotopic (exact) mass is 336 g/mol. The number of likely N-dealkylation sites (tertiary alicyclic amines) is 1. The molecule has 0 atom stereocenters. The molecule has 3 rings (SSSR count). The normalized spacial score (nSPS) is 15.9. The zero-order chi connectivity index (χ0) is 16.6. The molecule has 0 radical (unpaired) electrons. The fourth-order valence-corrected chi connectivity index (χ4v) is 3.42. The molecule has 0 bridgehead atoms. The summed E-state index contributed by atoms with van der Waals surface area (Å²) >= 11 is 1.74. The molecule has 1 aliphatic rings. The van der Waals surface area contributed by atoms with Crippen molar-refractivity contribution in [1.82, 2.24) is 4.90 Å². The van der Waals surface area contributed by atoms with E-state index in [-0.39, 0.29) is 0 Å². The maximum absolute atomic E-state index is 4.90. The largest absolute Gasteiger partial charge is 0.357 e. The summed E-state index contributed by atoms with van der Waals surface area (Å²) in [5.74, 6) is 1.07. The van der Waals surface area contributed by atoms with Gasteiger partial charge in [0.25, 0.3) is 0 Å². The van der Waals surface area contributed by atoms with Gasteiger partial charge in [0.1, 0.15) is 5.84 Å². The van der Waals surface area contributed by atoms with Gasteiger partial charge >= 0.3 is 0 Å². The topological polar surface area (TPSA) is 15.6 Å². The van der Waals surface area contributed by atoms with Crippen molar-refractivity contribution < 1.29 is 0 Å². The summed E-state index contributed by atoms with van der Waals surface area (Å²) in [4.78, 5) is 8.56. The van der Waals surface area contributed by atoms with Crippen molar-refractivity contribution in [3.63, 3.8) is 0 Å². The SMILES string of the molecule is Cc1ccc(N=C(C=CSc2ccccc2)N2CCCCC2)cc1. The molecule has 0 saturated carbocycles. The molecule has 0 amide bonds. The molecule has 0 aromatic heterocycles. The Morgan fingerprint density at radius 3 is 2.38 bits per heavy atom. The van der Waals surface area contributed by atoms with Crippen LogP contribution in [0.3, 0.4) is 0 Å². The van der Waals surface area contributed by atoms with E-state index in [0.717, 1.165) is 24.6 Å². The molecule has 2 nitrogen and oxygen atoms in total. The zero-order valence-electron chi connectivity index (χ0n) is 14.2. The number of hydrogen-bond acceptors (Lipinski definition) is 2. The van der Waals surface area contributed by atoms with Gasteiger partial charge in [0, 0.05) is 18.0 Å². The molecule has 0 aliphatic carbocycles. The van der Waals surface area contributed by atoms with Crippen LogP contribution in [0.5, 0.6) is 0 Å². The highest BCUT2D eigenvalue weighted by atomic mass is 32.2. The molecule has 2 aromatic rings. The van der Waals surface area contributed by atoms with Gasteiger partial charge in [-0.3, -0.25) is 0 Å². The molecule has 24 heavy (non-hydrogen) atoms. The number of thioether (sulfide) groups is 1. The summed E-state index contributed by atoms with van der Waals surface area (Å²) in [7, 11) is 0. The van der Waals surface area contributed by atoms with Gasteiger partial charge in [0.15, 0.2) is 0 Å². The van der Waals surface area contributed by atoms with Crippen LogP contribution in [0.25, 0.3) is 0 Å². The first-order valence-electron chi connectivity index (χ1n) is 8.60. The van der Waals surface area contributed by atoms with E-state index in [1.54, 1.807) is 11.8 Å². The Labute approximate surface area is 149 Å². The molecule has 1 aliphatic heterocycles. The fraction of sp³-hybridized carbons (Fsp3) is 0.286. The molecule has 1 saturated heterocycles. The Morgan fingerprint density at radius 1 is 0.958 bits per heavy atom. The van der Waals surface area contributed by atoms with E-state index in [0.29, 0.717) is 0 Å². The minimum Gasteiger partial charge on any atom is -0.357 e. The van der Waals surface area contributed by atoms with Gasteiger partial charge in [-0.25, -0.2) is 4.99 Å². The maximum atomic E-state index is 4.90. The summed E-state index contributed by atoms with van der Waals surface area (Å²) < 4.78 is 0. The van der Waals surface area contributed by atoms with Crippen LogP contribution in [0.15, 0.2) is 76.0 Å². The molecular formula is C21H24N2S. The van der Waals surface area contributed by atoms with E-state index in [1.165, 1.54) is 29.7 Å². The summed E-state index contributed by atoms with van der Waals surface area (Å²) in [5.41, 5.74) is 2.29. The van der Waals surface area contributed by atoms with Crippen LogP contribution in [-0.2, 0) is 0 Å². The van der Waals surface area contributed by atoms with Gasteiger partial charge < -0.3 is 4.90 Å². The number of rotatable bonds is 4. The molecule has 0 N–H and O–H groups in total. The Morgan fingerprint density at radius 2 is 1.67 bits per heavy atom. The van der Waals surface area contributed by atoms with Crippen molar-refractivity contribution in [2.45, 2.75) is 31.1 Å². The van der Waals surface area contributed by atoms with E-state index in [1.807, 2.05) is 6.07 Å². The second-order valence-electron chi connectivity index (χ2n) is 6.09. The number of hydrogen-bond donors (Lipinski definition) is 0. The lowest BCUT2D eigenvalue weighted by molar-refractivity contribution is 0.344. The molecule has 1 heterocycles. The Bertz CT molecular complexity index is 684. The molecular weight excluding hydrogens is 312 g/mol. The summed E-state index contributed by atoms with van der Waals surface area (Å²) in [6.45, 7) is 4.31. The lowest BCUT2D eigenvalue weighted by Crippen LogP contribution is -2.34. The highest BCUT2D eigenvalue weighted by Gasteiger charge is 2.12. The van der Waals surface area contributed by atoms with Gasteiger partial charge in [-0.1, -0.05) is 47.7 Å². The second kappa shape index (κ2) is 8.74. The van der Waals surface area contributed by atoms with Crippen molar-refractivity contribution in [3.8, 4) is 0 Å². The zero-order valence-corrected chi connectivity index (χ0v) is 15.0. The molecule has 0 spiro atoms. The molecule has 124 valence electrons. The van der Waals surface area contributed by atoms with Crippen LogP contribution in [0, 0.1) is 6.92 Å². The molecule has 1 fully saturated rings. The first-order valence-corrected chi connectivity index (χ1v) is 9.48. The van der Waals surface area contributed by atoms with Crippen molar-refractivity contribution in [2.75, 3.05) is 13.1 Å². The van der Waals surface area contributed by atoms with E-state index in [4.69, 9.17) is 4.99 Å². The van der Waals surface area contributed by atoms with Gasteiger partial charge in [-0.15, -0.1) is 0 Å². The third-order valence-electron chi connectivity index (χ3n) is 4.12. The van der Waals surface area contributed by atoms with Crippen molar-refractivity contribution >= 4 is 23.3 Å². The average Bonchev–Trinajstić information content (AvgIpc) is 2.64. The van der Waals surface area contributed by atoms with Gasteiger partial charge in [-0.05, 0) is 61.9 Å². The molecule has 2 aromatic carbocycles. The minimum absolute atomic E-state index is 1.02. The Hall–Kier alpha value is -2.00. The van der Waals surface area contributed by atoms with Gasteiger partial charge in [-0.2, -0.15) is 0 Å². The van der Waals surface area contributed by atoms with E-state index >= 15 is 0 Å². The van der Waals surface area contributed by atoms with Crippen molar-refractivity contribution in [3.05, 3.63) is 71.6 Å². The fourth-order valence-electron chi connectivity index (χ4n) is 2.76. The van der Waals surface area contributed by atoms with Crippen LogP contribution in [0.1, 0.15) is 24.8 Å². The highest BCUT2D eigenvalue weighted by molar-refractivity contribution is 8.02. The van der Waals surface area contributed by atoms with Crippen LogP contribution in [-0.4, -0.2) is 23.8 Å². The minimum atomic E-state index is 1.02. The van der Waals surface area contributed by atoms with Crippen molar-refractivity contribution in [2.24, 2.45) is 4.99 Å². The first-order chi connectivity index (χ1) is 11.8. The summed E-state index contributed by atoms with van der Waals surface area (Å²) in [5, 5.41) is 2.15. The van der Waals surface area contributed by atoms with Gasteiger partial charge in [0.05, 0.1) is 5.69 Å². The third-order valence-corrected chi connectivity index (χ3v) is 4.94. The van der Waals surface area contributed by atoms with Gasteiger partial charge in [0.2, 0.25) is 0 Å². The number of aliphatic imine (C=N–C) groups is 1. The third kappa shape index (κ3) is 5.00. The summed E-state index contributed by atoms with van der Waals surface area (Å²) in [6.07, 6.45) is 6.00. The van der Waals surface area contributed by atoms with Crippen LogP contribution < -0.4 is 0 Å². The summed E-state index contributed by atoms with van der Waals surface area (Å²) in [6, 6.07) is 18.9. The Kier molecular flexibility index (Phi) is 6.13. The average molecular weight is 337 g/mol. The number of amidine groups is 1. The standard InChI is InChI=1S/C21H24N2S/c1-18-10-12-19(13-11-18)22-21(23-15-6-3-7-16-23)14-17-24-20-8-4-2-5-9-20/h2,4-5,8-14,17H,3,6-7,15-16H2,1H3. The molecule has 0 unspecified atom stereocenters. The number of nitrogens with zero attached hydrogens (tertiary/aromatic N) is 2. The second-order valence-corrected chi connectivity index (χ2v) is 7.07. The van der Waals surface area contributed by atoms with E-state index < -0.39 is 0 Å². The Balaban J connectivity index is 1.77. The first kappa shape index (κ1) is 16.8. The van der Waals surface area contributed by atoms with Crippen LogP contribution in [0.4, 0.5) is 5.69 Å². The lowest BCUT2D eigenvalue weighted by atomic mass is 10.1. The number of piperidine rings is 1. The number of aryl methyl sites for hydroxylation is 1. The quantitative estimate of drug-likeness (QED) is 0.397. The molecule has 3 heteroatoms. The maximum Gasteiger partial charge on any atom is 0.129 e. The lowest BCUT2D eigenvalue weighted by Gasteiger charge is -2.28. The smallest absolute Gasteiger partial charge is 0.129 e. The predicted molar refractivity (Wildman–Crippen MR) is 105 cm³/mol. The highest BCUT2D eigenvalue weighted by Crippen LogP contribution is 2.20. The number of benzene rings is 2. The van der Waals surface area contributed by atoms with Crippen molar-refractivity contribution in [1.29, 1.82) is 0 Å². The van der Waals surface area contributed by atoms with Crippen LogP contribution in [0.2, 0.25) is 0 Å².